The lowest BCUT2D eigenvalue weighted by Gasteiger charge is -2.24. The van der Waals surface area contributed by atoms with Crippen molar-refractivity contribution in [1.29, 1.82) is 0 Å². The smallest absolute Gasteiger partial charge is 0.310 e. The van der Waals surface area contributed by atoms with Crippen LogP contribution in [0.5, 0.6) is 0 Å². The fraction of sp³-hybridized carbons (Fsp3) is 0.833. The van der Waals surface area contributed by atoms with E-state index in [9.17, 15) is 4.79 Å². The van der Waals surface area contributed by atoms with Crippen LogP contribution in [0.4, 0.5) is 0 Å². The fourth-order valence-electron chi connectivity index (χ4n) is 1.02. The first kappa shape index (κ1) is 11.1. The molecule has 2 nitrogen and oxygen atoms in total. The van der Waals surface area contributed by atoms with Gasteiger partial charge in [0.25, 0.3) is 0 Å². The maximum atomic E-state index is 10.8. The summed E-state index contributed by atoms with van der Waals surface area (Å²) in [4.78, 5) is 10.3. The molecule has 1 fully saturated rings. The van der Waals surface area contributed by atoms with Gasteiger partial charge in [-0.15, -0.1) is 0 Å². The molecule has 1 saturated carbocycles. The first-order chi connectivity index (χ1) is 5.31. The van der Waals surface area contributed by atoms with Crippen LogP contribution < -0.4 is 0 Å². The Morgan fingerprint density at radius 1 is 1.58 bits per heavy atom. The lowest BCUT2D eigenvalue weighted by atomic mass is 10.0. The molecule has 1 aliphatic rings. The largest absolute Gasteiger partial charge is 0.481 e. The zero-order valence-corrected chi connectivity index (χ0v) is 10.5. The molecule has 0 bridgehead atoms. The number of hydrogen-bond acceptors (Lipinski definition) is 1. The van der Waals surface area contributed by atoms with E-state index < -0.39 is 19.5 Å². The molecule has 0 heterocycles. The normalized spacial score (nSPS) is 23.3. The van der Waals surface area contributed by atoms with Crippen molar-refractivity contribution in [2.24, 2.45) is 5.41 Å². The Labute approximate surface area is 96.9 Å². The molecule has 1 N–H and O–H groups in total. The van der Waals surface area contributed by atoms with Gasteiger partial charge in [0, 0.05) is 0 Å². The second-order valence-electron chi connectivity index (χ2n) is 2.87. The molecule has 70 valence electrons. The highest BCUT2D eigenvalue weighted by atomic mass is 79.9. The van der Waals surface area contributed by atoms with Gasteiger partial charge in [-0.1, -0.05) is 39.1 Å². The van der Waals surface area contributed by atoms with Gasteiger partial charge in [-0.25, -0.2) is 0 Å². The molecule has 1 unspecified atom stereocenters. The third-order valence-electron chi connectivity index (χ3n) is 1.99. The summed E-state index contributed by atoms with van der Waals surface area (Å²) in [5, 5.41) is 8.87. The van der Waals surface area contributed by atoms with E-state index in [1.165, 1.54) is 0 Å². The van der Waals surface area contributed by atoms with Crippen molar-refractivity contribution in [3.63, 3.8) is 0 Å². The standard InChI is InChI=1S/C6H6Br2Cl2O2/c7-3(6(8,9)10)5(1-2-5)4(11)12/h3H,1-2H2,(H,11,12). The van der Waals surface area contributed by atoms with Gasteiger partial charge in [-0.2, -0.15) is 0 Å². The van der Waals surface area contributed by atoms with Crippen LogP contribution in [-0.2, 0) is 4.79 Å². The molecule has 0 aromatic heterocycles. The van der Waals surface area contributed by atoms with Gasteiger partial charge in [0.15, 0.2) is 3.24 Å². The van der Waals surface area contributed by atoms with Gasteiger partial charge < -0.3 is 5.11 Å². The summed E-state index contributed by atoms with van der Waals surface area (Å²) >= 11 is 17.6. The van der Waals surface area contributed by atoms with Crippen LogP contribution in [0.15, 0.2) is 0 Å². The fourth-order valence-corrected chi connectivity index (χ4v) is 2.53. The van der Waals surface area contributed by atoms with Crippen LogP contribution in [0.2, 0.25) is 0 Å². The van der Waals surface area contributed by atoms with Gasteiger partial charge in [0.1, 0.15) is 0 Å². The molecule has 1 aliphatic carbocycles. The number of carboxylic acid groups (broad SMARTS) is 1. The van der Waals surface area contributed by atoms with Gasteiger partial charge >= 0.3 is 5.97 Å². The molecular weight excluding hydrogens is 335 g/mol. The number of aliphatic carboxylic acids is 1. The maximum absolute atomic E-state index is 10.8. The molecule has 0 spiro atoms. The molecule has 1 atom stereocenters. The Kier molecular flexibility index (Phi) is 3.05. The minimum absolute atomic E-state index is 0.474. The van der Waals surface area contributed by atoms with Gasteiger partial charge in [0.2, 0.25) is 0 Å². The SMILES string of the molecule is O=C(O)C1(C(Br)C(Cl)(Cl)Br)CC1. The third kappa shape index (κ3) is 1.91. The predicted molar refractivity (Wildman–Crippen MR) is 55.4 cm³/mol. The van der Waals surface area contributed by atoms with Crippen molar-refractivity contribution in [1.82, 2.24) is 0 Å². The molecule has 0 aliphatic heterocycles. The summed E-state index contributed by atoms with van der Waals surface area (Å²) in [5.41, 5.74) is -0.785. The molecule has 0 aromatic rings. The van der Waals surface area contributed by atoms with Gasteiger partial charge in [-0.05, 0) is 28.8 Å². The quantitative estimate of drug-likeness (QED) is 0.801. The van der Waals surface area contributed by atoms with E-state index in [1.807, 2.05) is 0 Å². The van der Waals surface area contributed by atoms with E-state index in [0.717, 1.165) is 0 Å². The number of alkyl halides is 4. The number of rotatable bonds is 3. The number of carbonyl (C=O) groups is 1. The molecule has 0 saturated heterocycles. The number of carboxylic acids is 1. The Morgan fingerprint density at radius 2 is 2.00 bits per heavy atom. The van der Waals surface area contributed by atoms with Crippen LogP contribution in [0.25, 0.3) is 0 Å². The summed E-state index contributed by atoms with van der Waals surface area (Å²) in [7, 11) is 0. The highest BCUT2D eigenvalue weighted by molar-refractivity contribution is 9.13. The first-order valence-corrected chi connectivity index (χ1v) is 5.71. The number of halogens is 4. The van der Waals surface area contributed by atoms with E-state index in [0.29, 0.717) is 12.8 Å². The van der Waals surface area contributed by atoms with Gasteiger partial charge in [0.05, 0.1) is 10.2 Å². The molecule has 6 heteroatoms. The lowest BCUT2D eigenvalue weighted by Crippen LogP contribution is -2.34. The summed E-state index contributed by atoms with van der Waals surface area (Å²) in [6.45, 7) is 0. The first-order valence-electron chi connectivity index (χ1n) is 3.25. The minimum atomic E-state index is -1.22. The van der Waals surface area contributed by atoms with E-state index in [-0.39, 0.29) is 0 Å². The van der Waals surface area contributed by atoms with Crippen molar-refractivity contribution in [3.05, 3.63) is 0 Å². The average molecular weight is 341 g/mol. The Bertz CT molecular complexity index is 210. The monoisotopic (exact) mass is 338 g/mol. The summed E-state index contributed by atoms with van der Waals surface area (Å²) in [6.07, 6.45) is 1.23. The van der Waals surface area contributed by atoms with Crippen molar-refractivity contribution in [2.75, 3.05) is 0 Å². The van der Waals surface area contributed by atoms with Gasteiger partial charge in [-0.3, -0.25) is 4.79 Å². The molecule has 0 aromatic carbocycles. The second kappa shape index (κ2) is 3.30. The van der Waals surface area contributed by atoms with Crippen LogP contribution in [0, 0.1) is 5.41 Å². The van der Waals surface area contributed by atoms with Crippen LogP contribution >= 0.6 is 55.1 Å². The Hall–Kier alpha value is 1.01. The van der Waals surface area contributed by atoms with E-state index >= 15 is 0 Å². The van der Waals surface area contributed by atoms with E-state index in [2.05, 4.69) is 31.9 Å². The summed E-state index contributed by atoms with van der Waals surface area (Å²) < 4.78 is -1.22. The third-order valence-corrected chi connectivity index (χ3v) is 5.59. The molecule has 0 radical (unpaired) electrons. The summed E-state index contributed by atoms with van der Waals surface area (Å²) in [6, 6.07) is 0. The zero-order chi connectivity index (χ0) is 9.57. The summed E-state index contributed by atoms with van der Waals surface area (Å²) in [5.74, 6) is -0.852. The molecular formula is C6H6Br2Cl2O2. The van der Waals surface area contributed by atoms with Crippen molar-refractivity contribution in [2.45, 2.75) is 20.9 Å². The van der Waals surface area contributed by atoms with Crippen molar-refractivity contribution >= 4 is 61.0 Å². The van der Waals surface area contributed by atoms with E-state index in [4.69, 9.17) is 28.3 Å². The van der Waals surface area contributed by atoms with Crippen molar-refractivity contribution in [3.8, 4) is 0 Å². The van der Waals surface area contributed by atoms with Crippen molar-refractivity contribution < 1.29 is 9.90 Å². The average Bonchev–Trinajstić information content (AvgIpc) is 2.62. The van der Waals surface area contributed by atoms with Crippen LogP contribution in [-0.4, -0.2) is 19.1 Å². The lowest BCUT2D eigenvalue weighted by molar-refractivity contribution is -0.143. The minimum Gasteiger partial charge on any atom is -0.481 e. The highest BCUT2D eigenvalue weighted by Gasteiger charge is 2.60. The Balaban J connectivity index is 2.77. The van der Waals surface area contributed by atoms with Crippen LogP contribution in [0.1, 0.15) is 12.8 Å². The Morgan fingerprint density at radius 3 is 2.08 bits per heavy atom. The molecule has 1 rings (SSSR count). The predicted octanol–water partition coefficient (Wildman–Crippen LogP) is 3.14. The topological polar surface area (TPSA) is 37.3 Å². The van der Waals surface area contributed by atoms with E-state index in [1.54, 1.807) is 0 Å². The second-order valence-corrected chi connectivity index (χ2v) is 7.33. The molecule has 0 amide bonds. The maximum Gasteiger partial charge on any atom is 0.310 e. The number of hydrogen-bond donors (Lipinski definition) is 1. The zero-order valence-electron chi connectivity index (χ0n) is 5.86. The van der Waals surface area contributed by atoms with Crippen LogP contribution in [0.3, 0.4) is 0 Å². The highest BCUT2D eigenvalue weighted by Crippen LogP contribution is 2.58. The molecule has 12 heavy (non-hydrogen) atoms.